The van der Waals surface area contributed by atoms with Gasteiger partial charge >= 0.3 is 11.9 Å². The third-order valence-electron chi connectivity index (χ3n) is 3.88. The molecule has 0 bridgehead atoms. The molecule has 0 radical (unpaired) electrons. The molecule has 1 fully saturated rings. The van der Waals surface area contributed by atoms with E-state index in [4.69, 9.17) is 9.47 Å². The Balaban J connectivity index is 2.33. The molecule has 2 atom stereocenters. The van der Waals surface area contributed by atoms with Crippen LogP contribution in [0.4, 0.5) is 0 Å². The summed E-state index contributed by atoms with van der Waals surface area (Å²) in [6.07, 6.45) is -1.32. The number of hydrazine groups is 1. The van der Waals surface area contributed by atoms with Gasteiger partial charge in [0.25, 0.3) is 0 Å². The van der Waals surface area contributed by atoms with E-state index in [1.807, 2.05) is 0 Å². The number of benzene rings is 1. The molecule has 1 saturated heterocycles. The van der Waals surface area contributed by atoms with Gasteiger partial charge in [0, 0.05) is 5.56 Å². The Morgan fingerprint density at radius 3 is 2.54 bits per heavy atom. The lowest BCUT2D eigenvalue weighted by atomic mass is 10.1. The Kier molecular flexibility index (Phi) is 5.90. The van der Waals surface area contributed by atoms with E-state index in [1.54, 1.807) is 13.8 Å². The highest BCUT2D eigenvalue weighted by molar-refractivity contribution is 5.97. The number of rotatable bonds is 4. The lowest BCUT2D eigenvalue weighted by Gasteiger charge is -2.25. The second-order valence-corrected chi connectivity index (χ2v) is 6.12. The molecule has 26 heavy (non-hydrogen) atoms. The number of esters is 1. The van der Waals surface area contributed by atoms with E-state index in [9.17, 15) is 24.8 Å². The van der Waals surface area contributed by atoms with Crippen LogP contribution in [0.5, 0.6) is 0 Å². The molecule has 0 spiro atoms. The van der Waals surface area contributed by atoms with Crippen molar-refractivity contribution in [3.63, 3.8) is 0 Å². The number of ether oxygens (including phenoxy) is 3. The molecule has 1 aliphatic heterocycles. The molecule has 10 nitrogen and oxygen atoms in total. The molecule has 1 heterocycles. The van der Waals surface area contributed by atoms with Gasteiger partial charge in [-0.05, 0) is 37.1 Å². The smallest absolute Gasteiger partial charge is 0.337 e. The number of aliphatic hydroxyl groups excluding tert-OH is 1. The Morgan fingerprint density at radius 2 is 1.92 bits per heavy atom. The van der Waals surface area contributed by atoms with E-state index in [1.165, 1.54) is 31.4 Å². The molecule has 1 amide bonds. The van der Waals surface area contributed by atoms with Crippen molar-refractivity contribution in [2.75, 3.05) is 20.3 Å². The van der Waals surface area contributed by atoms with E-state index >= 15 is 0 Å². The third-order valence-corrected chi connectivity index (χ3v) is 3.88. The highest BCUT2D eigenvalue weighted by atomic mass is 16.7. The van der Waals surface area contributed by atoms with Crippen molar-refractivity contribution in [1.82, 2.24) is 5.01 Å². The fourth-order valence-corrected chi connectivity index (χ4v) is 2.44. The highest BCUT2D eigenvalue weighted by Crippen LogP contribution is 2.22. The second-order valence-electron chi connectivity index (χ2n) is 6.12. The third kappa shape index (κ3) is 4.34. The number of carbonyl (C=O) groups is 2. The predicted octanol–water partition coefficient (Wildman–Crippen LogP) is 0.619. The lowest BCUT2D eigenvalue weighted by molar-refractivity contribution is -0.643. The van der Waals surface area contributed by atoms with Gasteiger partial charge in [-0.3, -0.25) is 4.79 Å². The molecule has 10 heteroatoms. The van der Waals surface area contributed by atoms with Crippen LogP contribution in [0.25, 0.3) is 0 Å². The summed E-state index contributed by atoms with van der Waals surface area (Å²) in [6.45, 7) is 2.66. The van der Waals surface area contributed by atoms with Gasteiger partial charge in [-0.2, -0.15) is 0 Å². The van der Waals surface area contributed by atoms with Crippen molar-refractivity contribution in [3.05, 3.63) is 45.5 Å². The van der Waals surface area contributed by atoms with Crippen LogP contribution >= 0.6 is 0 Å². The largest absolute Gasteiger partial charge is 0.465 e. The monoisotopic (exact) mass is 368 g/mol. The number of carbonyl (C=O) groups excluding carboxylic acids is 2. The molecule has 2 unspecified atom stereocenters. The zero-order chi connectivity index (χ0) is 19.5. The summed E-state index contributed by atoms with van der Waals surface area (Å²) in [5.41, 5.74) is -0.0231. The van der Waals surface area contributed by atoms with Gasteiger partial charge in [0.1, 0.15) is 6.10 Å². The van der Waals surface area contributed by atoms with Crippen LogP contribution in [0, 0.1) is 10.1 Å². The molecule has 1 aliphatic rings. The number of nitro groups is 1. The minimum atomic E-state index is -1.32. The molecule has 1 aromatic carbocycles. The number of aliphatic hydroxyl groups is 1. The average Bonchev–Trinajstić information content (AvgIpc) is 2.74. The number of methoxy groups -OCH3 is 1. The minimum absolute atomic E-state index is 0.0729. The Hall–Kier alpha value is -2.56. The number of amides is 1. The molecular formula is C16H20N2O8. The summed E-state index contributed by atoms with van der Waals surface area (Å²) in [5.74, 6) is -2.72. The van der Waals surface area contributed by atoms with Crippen molar-refractivity contribution in [2.45, 2.75) is 31.8 Å². The van der Waals surface area contributed by atoms with E-state index < -0.39 is 34.8 Å². The van der Waals surface area contributed by atoms with Gasteiger partial charge in [-0.1, -0.05) is 6.07 Å². The molecule has 0 aromatic heterocycles. The SMILES string of the molecule is COC(=O)c1cccc(C(=O)N(C2COC(C)(C)OCC2O)[N+](=O)[O-])c1. The zero-order valence-corrected chi connectivity index (χ0v) is 14.6. The minimum Gasteiger partial charge on any atom is -0.465 e. The highest BCUT2D eigenvalue weighted by Gasteiger charge is 2.43. The first-order chi connectivity index (χ1) is 12.2. The first-order valence-electron chi connectivity index (χ1n) is 7.78. The maximum Gasteiger partial charge on any atom is 0.337 e. The van der Waals surface area contributed by atoms with Crippen molar-refractivity contribution in [1.29, 1.82) is 0 Å². The van der Waals surface area contributed by atoms with Crippen LogP contribution in [0.2, 0.25) is 0 Å². The van der Waals surface area contributed by atoms with Gasteiger partial charge in [-0.25, -0.2) is 14.9 Å². The standard InChI is InChI=1S/C16H20N2O8/c1-16(2)25-8-12(13(19)9-26-16)17(18(22)23)14(20)10-5-4-6-11(7-10)15(21)24-3/h4-7,12-13,19H,8-9H2,1-3H3. The number of nitrogens with zero attached hydrogens (tertiary/aromatic N) is 2. The van der Waals surface area contributed by atoms with Gasteiger partial charge < -0.3 is 19.3 Å². The van der Waals surface area contributed by atoms with E-state index in [2.05, 4.69) is 4.74 Å². The fraction of sp³-hybridized carbons (Fsp3) is 0.500. The number of hydrogen-bond acceptors (Lipinski definition) is 8. The lowest BCUT2D eigenvalue weighted by Crippen LogP contribution is -2.52. The summed E-state index contributed by atoms with van der Waals surface area (Å²) in [7, 11) is 1.18. The molecule has 1 N–H and O–H groups in total. The average molecular weight is 368 g/mol. The normalized spacial score (nSPS) is 22.2. The topological polar surface area (TPSA) is 128 Å². The van der Waals surface area contributed by atoms with Gasteiger partial charge in [0.05, 0.1) is 25.9 Å². The summed E-state index contributed by atoms with van der Waals surface area (Å²) in [6, 6.07) is 4.08. The van der Waals surface area contributed by atoms with Crippen LogP contribution < -0.4 is 0 Å². The van der Waals surface area contributed by atoms with Crippen molar-refractivity contribution < 1.29 is 33.9 Å². The number of hydrogen-bond donors (Lipinski definition) is 1. The summed E-state index contributed by atoms with van der Waals surface area (Å²) >= 11 is 0. The Labute approximate surface area is 149 Å². The maximum atomic E-state index is 12.7. The maximum absolute atomic E-state index is 12.7. The zero-order valence-electron chi connectivity index (χ0n) is 14.6. The Morgan fingerprint density at radius 1 is 1.31 bits per heavy atom. The van der Waals surface area contributed by atoms with Crippen LogP contribution in [0.1, 0.15) is 34.6 Å². The second kappa shape index (κ2) is 7.77. The molecular weight excluding hydrogens is 348 g/mol. The molecule has 2 rings (SSSR count). The van der Waals surface area contributed by atoms with Crippen molar-refractivity contribution in [3.8, 4) is 0 Å². The van der Waals surface area contributed by atoms with E-state index in [-0.39, 0.29) is 24.3 Å². The van der Waals surface area contributed by atoms with Crippen LogP contribution in [0.3, 0.4) is 0 Å². The molecule has 1 aromatic rings. The summed E-state index contributed by atoms with van der Waals surface area (Å²) < 4.78 is 15.3. The van der Waals surface area contributed by atoms with Crippen LogP contribution in [-0.4, -0.2) is 65.3 Å². The van der Waals surface area contributed by atoms with Gasteiger partial charge in [-0.15, -0.1) is 0 Å². The Bertz CT molecular complexity index is 705. The van der Waals surface area contributed by atoms with Crippen molar-refractivity contribution >= 4 is 11.9 Å². The summed E-state index contributed by atoms with van der Waals surface area (Å²) in [5, 5.41) is 21.1. The van der Waals surface area contributed by atoms with Crippen LogP contribution in [0.15, 0.2) is 24.3 Å². The molecule has 0 saturated carbocycles. The van der Waals surface area contributed by atoms with E-state index in [0.717, 1.165) is 0 Å². The van der Waals surface area contributed by atoms with Gasteiger partial charge in [0.15, 0.2) is 16.9 Å². The van der Waals surface area contributed by atoms with Crippen molar-refractivity contribution in [2.24, 2.45) is 0 Å². The molecule has 142 valence electrons. The first kappa shape index (κ1) is 19.8. The summed E-state index contributed by atoms with van der Waals surface area (Å²) in [4.78, 5) is 35.8. The van der Waals surface area contributed by atoms with Gasteiger partial charge in [0.2, 0.25) is 0 Å². The fourth-order valence-electron chi connectivity index (χ4n) is 2.44. The van der Waals surface area contributed by atoms with Crippen LogP contribution in [-0.2, 0) is 14.2 Å². The molecule has 0 aliphatic carbocycles. The quantitative estimate of drug-likeness (QED) is 0.465. The first-order valence-corrected chi connectivity index (χ1v) is 7.78. The van der Waals surface area contributed by atoms with E-state index in [0.29, 0.717) is 5.01 Å². The predicted molar refractivity (Wildman–Crippen MR) is 86.7 cm³/mol.